The smallest absolute Gasteiger partial charge is 0.253 e. The number of carbonyl (C=O) groups excluding carboxylic acids is 3. The van der Waals surface area contributed by atoms with Gasteiger partial charge < -0.3 is 0 Å². The van der Waals surface area contributed by atoms with Crippen molar-refractivity contribution in [1.82, 2.24) is 0 Å². The van der Waals surface area contributed by atoms with Crippen molar-refractivity contribution in [1.29, 1.82) is 0 Å². The second kappa shape index (κ2) is 18.6. The van der Waals surface area contributed by atoms with Gasteiger partial charge in [-0.2, -0.15) is 0 Å². The summed E-state index contributed by atoms with van der Waals surface area (Å²) >= 11 is 0. The molecule has 50 heavy (non-hydrogen) atoms. The summed E-state index contributed by atoms with van der Waals surface area (Å²) in [5.74, 6) is -0.0714. The number of fused-ring (bicyclic) bond motifs is 2. The molecule has 7 rings (SSSR count). The highest BCUT2D eigenvalue weighted by molar-refractivity contribution is 7.79. The van der Waals surface area contributed by atoms with Gasteiger partial charge in [0.25, 0.3) is 5.52 Å². The Balaban J connectivity index is 0.000000155. The lowest BCUT2D eigenvalue weighted by Crippen LogP contribution is -2.20. The molecule has 0 unspecified atom stereocenters. The highest BCUT2D eigenvalue weighted by Crippen LogP contribution is 2.32. The number of hydrogen-bond acceptors (Lipinski definition) is 4. The maximum absolute atomic E-state index is 12.6. The van der Waals surface area contributed by atoms with Crippen molar-refractivity contribution in [3.8, 4) is 0 Å². The monoisotopic (exact) mass is 692 g/mol. The van der Waals surface area contributed by atoms with Crippen LogP contribution in [0.1, 0.15) is 74.0 Å². The summed E-state index contributed by atoms with van der Waals surface area (Å²) < 4.78 is 10.1. The average Bonchev–Trinajstić information content (AvgIpc) is 3.19. The molecule has 1 aliphatic carbocycles. The molecule has 248 valence electrons. The molecule has 0 radical (unpaired) electrons. The van der Waals surface area contributed by atoms with E-state index in [0.29, 0.717) is 27.8 Å². The van der Waals surface area contributed by atoms with E-state index in [0.717, 1.165) is 18.4 Å². The molecule has 0 heterocycles. The van der Waals surface area contributed by atoms with Gasteiger partial charge in [0.15, 0.2) is 11.6 Å². The second-order valence-electron chi connectivity index (χ2n) is 11.6. The number of unbranched alkanes of at least 4 members (excludes halogenated alkanes) is 2. The van der Waals surface area contributed by atoms with Gasteiger partial charge in [0, 0.05) is 27.8 Å². The molecule has 0 amide bonds. The molecule has 4 nitrogen and oxygen atoms in total. The number of benzene rings is 6. The van der Waals surface area contributed by atoms with Crippen LogP contribution in [0, 0.1) is 0 Å². The maximum Gasteiger partial charge on any atom is 0.253 e. The largest absolute Gasteiger partial charge is 0.289 e. The van der Waals surface area contributed by atoms with Crippen LogP contribution < -0.4 is 15.9 Å². The van der Waals surface area contributed by atoms with E-state index >= 15 is 0 Å². The zero-order valence-corrected chi connectivity index (χ0v) is 29.7. The van der Waals surface area contributed by atoms with E-state index in [1.165, 1.54) is 28.8 Å². The van der Waals surface area contributed by atoms with Gasteiger partial charge in [0.1, 0.15) is 0 Å². The van der Waals surface area contributed by atoms with E-state index in [1.807, 2.05) is 18.2 Å². The van der Waals surface area contributed by atoms with Crippen molar-refractivity contribution in [2.45, 2.75) is 32.6 Å². The molecule has 0 spiro atoms. The molecular formula is C44H38O4P2. The standard InChI is InChI=1S/C19H18O2.C18H15P.C7H5O2P/c1-2-3-4-7-13-10-11-16-17(12-13)19(21)15-9-6-5-8-14(15)18(16)20;1-4-10-16(11-5-1)19(17-12-6-2-7-13-17)18-14-8-3-9-15-18;8-7(10-9)6-4-2-1-3-5-6/h5-6,8-12H,2-4,7H2,1H3;1-15H;1-5H. The third kappa shape index (κ3) is 9.30. The first kappa shape index (κ1) is 36.1. The number of aryl methyl sites for hydroxylation is 1. The van der Waals surface area contributed by atoms with E-state index in [2.05, 4.69) is 97.9 Å². The minimum atomic E-state index is -0.446. The predicted molar refractivity (Wildman–Crippen MR) is 207 cm³/mol. The van der Waals surface area contributed by atoms with E-state index < -0.39 is 16.4 Å². The normalized spacial score (nSPS) is 11.4. The molecule has 0 aliphatic heterocycles. The van der Waals surface area contributed by atoms with Crippen molar-refractivity contribution >= 4 is 49.4 Å². The maximum atomic E-state index is 12.6. The predicted octanol–water partition coefficient (Wildman–Crippen LogP) is 9.76. The average molecular weight is 693 g/mol. The van der Waals surface area contributed by atoms with Gasteiger partial charge in [0.05, 0.1) is 0 Å². The van der Waals surface area contributed by atoms with Gasteiger partial charge in [-0.1, -0.05) is 177 Å². The van der Waals surface area contributed by atoms with Crippen molar-refractivity contribution in [3.63, 3.8) is 0 Å². The zero-order chi connectivity index (χ0) is 35.1. The van der Waals surface area contributed by atoms with Crippen molar-refractivity contribution in [2.24, 2.45) is 0 Å². The van der Waals surface area contributed by atoms with Crippen LogP contribution in [-0.2, 0) is 11.0 Å². The summed E-state index contributed by atoms with van der Waals surface area (Å²) in [6, 6.07) is 53.6. The Morgan fingerprint density at radius 2 is 0.940 bits per heavy atom. The fourth-order valence-electron chi connectivity index (χ4n) is 5.69. The van der Waals surface area contributed by atoms with Crippen LogP contribution >= 0.6 is 16.4 Å². The highest BCUT2D eigenvalue weighted by atomic mass is 31.1. The van der Waals surface area contributed by atoms with Crippen LogP contribution in [0.3, 0.4) is 0 Å². The summed E-state index contributed by atoms with van der Waals surface area (Å²) in [6.07, 6.45) is 4.45. The molecule has 6 aromatic rings. The minimum Gasteiger partial charge on any atom is -0.289 e. The highest BCUT2D eigenvalue weighted by Gasteiger charge is 2.29. The summed E-state index contributed by atoms with van der Waals surface area (Å²) in [7, 11) is -0.891. The topological polar surface area (TPSA) is 68.3 Å². The van der Waals surface area contributed by atoms with E-state index in [4.69, 9.17) is 0 Å². The number of ketones is 2. The molecule has 6 heteroatoms. The number of carbonyl (C=O) groups is 3. The molecule has 0 atom stereocenters. The molecule has 0 fully saturated rings. The lowest BCUT2D eigenvalue weighted by atomic mass is 9.83. The first-order chi connectivity index (χ1) is 24.5. The lowest BCUT2D eigenvalue weighted by molar-refractivity contribution is 0.0979. The molecule has 1 aliphatic rings. The first-order valence-electron chi connectivity index (χ1n) is 16.7. The Labute approximate surface area is 297 Å². The molecule has 0 N–H and O–H groups in total. The third-order valence-electron chi connectivity index (χ3n) is 8.21. The van der Waals surface area contributed by atoms with Gasteiger partial charge in [-0.05, 0) is 48.3 Å². The molecule has 6 aromatic carbocycles. The Kier molecular flexibility index (Phi) is 13.4. The van der Waals surface area contributed by atoms with Crippen LogP contribution in [0.25, 0.3) is 0 Å². The molecular weight excluding hydrogens is 654 g/mol. The van der Waals surface area contributed by atoms with Gasteiger partial charge in [-0.3, -0.25) is 18.9 Å². The molecule has 0 saturated heterocycles. The van der Waals surface area contributed by atoms with E-state index in [9.17, 15) is 18.9 Å². The molecule has 0 aromatic heterocycles. The summed E-state index contributed by atoms with van der Waals surface area (Å²) in [5, 5.41) is 4.19. The van der Waals surface area contributed by atoms with Crippen LogP contribution in [-0.4, -0.2) is 17.1 Å². The Hall–Kier alpha value is -5.14. The fraction of sp³-hybridized carbons (Fsp3) is 0.114. The lowest BCUT2D eigenvalue weighted by Gasteiger charge is -2.18. The van der Waals surface area contributed by atoms with Crippen LogP contribution in [0.4, 0.5) is 0 Å². The Morgan fingerprint density at radius 1 is 0.520 bits per heavy atom. The Bertz CT molecular complexity index is 1940. The minimum absolute atomic E-state index is 0.0301. The van der Waals surface area contributed by atoms with Crippen LogP contribution in [0.2, 0.25) is 0 Å². The van der Waals surface area contributed by atoms with Crippen molar-refractivity contribution in [3.05, 3.63) is 197 Å². The van der Waals surface area contributed by atoms with Gasteiger partial charge in [0.2, 0.25) is 8.46 Å². The zero-order valence-electron chi connectivity index (χ0n) is 27.9. The number of hydrogen-bond donors (Lipinski definition) is 0. The van der Waals surface area contributed by atoms with Crippen LogP contribution in [0.15, 0.2) is 164 Å². The van der Waals surface area contributed by atoms with Crippen molar-refractivity contribution in [2.75, 3.05) is 0 Å². The van der Waals surface area contributed by atoms with Crippen molar-refractivity contribution < 1.29 is 18.9 Å². The van der Waals surface area contributed by atoms with Gasteiger partial charge in [-0.25, -0.2) is 0 Å². The molecule has 0 saturated carbocycles. The molecule has 0 bridgehead atoms. The second-order valence-corrected chi connectivity index (χ2v) is 14.5. The first-order valence-corrected chi connectivity index (χ1v) is 18.9. The quantitative estimate of drug-likeness (QED) is 0.112. The Morgan fingerprint density at radius 3 is 1.40 bits per heavy atom. The van der Waals surface area contributed by atoms with Gasteiger partial charge in [-0.15, -0.1) is 0 Å². The fourth-order valence-corrected chi connectivity index (χ4v) is 8.25. The van der Waals surface area contributed by atoms with Crippen LogP contribution in [0.5, 0.6) is 0 Å². The summed E-state index contributed by atoms with van der Waals surface area (Å²) in [6.45, 7) is 2.17. The van der Waals surface area contributed by atoms with E-state index in [-0.39, 0.29) is 17.1 Å². The summed E-state index contributed by atoms with van der Waals surface area (Å²) in [5.41, 5.74) is 3.41. The third-order valence-corrected chi connectivity index (χ3v) is 11.1. The number of rotatable bonds is 9. The van der Waals surface area contributed by atoms with Gasteiger partial charge >= 0.3 is 0 Å². The summed E-state index contributed by atoms with van der Waals surface area (Å²) in [4.78, 5) is 35.7. The SMILES string of the molecule is CCCCCc1ccc2c(c1)C(=O)c1ccccc1C2=O.O=PC(=O)c1ccccc1.c1ccc(P(c2ccccc2)c2ccccc2)cc1. The van der Waals surface area contributed by atoms with E-state index in [1.54, 1.807) is 54.6 Å².